The maximum atomic E-state index is 6.31. The standard InChI is InChI=1S/C19H25NO/c1-4-15-10-6-7-12-18(15)21-19(17(20)5-2)16-11-8-9-14(3)13-16/h6-13,17,19H,4-5,20H2,1-3H3. The summed E-state index contributed by atoms with van der Waals surface area (Å²) in [5.41, 5.74) is 9.91. The van der Waals surface area contributed by atoms with Crippen LogP contribution >= 0.6 is 0 Å². The van der Waals surface area contributed by atoms with Crippen LogP contribution in [0.3, 0.4) is 0 Å². The molecule has 2 aromatic rings. The van der Waals surface area contributed by atoms with E-state index in [1.807, 2.05) is 18.2 Å². The molecule has 0 aromatic heterocycles. The predicted molar refractivity (Wildman–Crippen MR) is 88.6 cm³/mol. The first kappa shape index (κ1) is 15.6. The molecule has 2 unspecified atom stereocenters. The molecule has 0 spiro atoms. The topological polar surface area (TPSA) is 35.2 Å². The molecule has 2 rings (SSSR count). The lowest BCUT2D eigenvalue weighted by Crippen LogP contribution is -2.31. The average molecular weight is 283 g/mol. The monoisotopic (exact) mass is 283 g/mol. The van der Waals surface area contributed by atoms with Crippen molar-refractivity contribution in [2.45, 2.75) is 45.8 Å². The first-order valence-electron chi connectivity index (χ1n) is 7.72. The van der Waals surface area contributed by atoms with E-state index in [-0.39, 0.29) is 12.1 Å². The maximum Gasteiger partial charge on any atom is 0.139 e. The number of rotatable bonds is 6. The van der Waals surface area contributed by atoms with Crippen molar-refractivity contribution in [1.29, 1.82) is 0 Å². The van der Waals surface area contributed by atoms with Crippen LogP contribution in [0.4, 0.5) is 0 Å². The van der Waals surface area contributed by atoms with E-state index in [2.05, 4.69) is 51.1 Å². The van der Waals surface area contributed by atoms with Gasteiger partial charge >= 0.3 is 0 Å². The van der Waals surface area contributed by atoms with Crippen molar-refractivity contribution in [3.8, 4) is 5.75 Å². The first-order valence-corrected chi connectivity index (χ1v) is 7.72. The van der Waals surface area contributed by atoms with Crippen molar-refractivity contribution in [2.75, 3.05) is 0 Å². The summed E-state index contributed by atoms with van der Waals surface area (Å²) in [7, 11) is 0. The summed E-state index contributed by atoms with van der Waals surface area (Å²) < 4.78 is 6.31. The van der Waals surface area contributed by atoms with Gasteiger partial charge in [0.15, 0.2) is 0 Å². The Bertz CT molecular complexity index is 579. The third-order valence-electron chi connectivity index (χ3n) is 3.84. The van der Waals surface area contributed by atoms with Gasteiger partial charge in [-0.15, -0.1) is 0 Å². The predicted octanol–water partition coefficient (Wildman–Crippen LogP) is 4.41. The van der Waals surface area contributed by atoms with Crippen molar-refractivity contribution in [3.63, 3.8) is 0 Å². The van der Waals surface area contributed by atoms with Gasteiger partial charge in [-0.2, -0.15) is 0 Å². The Morgan fingerprint density at radius 3 is 2.48 bits per heavy atom. The highest BCUT2D eigenvalue weighted by Gasteiger charge is 2.21. The number of para-hydroxylation sites is 1. The third-order valence-corrected chi connectivity index (χ3v) is 3.84. The lowest BCUT2D eigenvalue weighted by Gasteiger charge is -2.26. The van der Waals surface area contributed by atoms with Gasteiger partial charge in [0.2, 0.25) is 0 Å². The average Bonchev–Trinajstić information content (AvgIpc) is 2.52. The van der Waals surface area contributed by atoms with E-state index in [1.54, 1.807) is 0 Å². The molecule has 2 N–H and O–H groups in total. The Labute approximate surface area is 127 Å². The zero-order chi connectivity index (χ0) is 15.2. The first-order chi connectivity index (χ1) is 10.2. The van der Waals surface area contributed by atoms with E-state index < -0.39 is 0 Å². The number of hydrogen-bond acceptors (Lipinski definition) is 2. The Balaban J connectivity index is 2.33. The molecule has 112 valence electrons. The molecule has 2 aromatic carbocycles. The molecule has 21 heavy (non-hydrogen) atoms. The van der Waals surface area contributed by atoms with Gasteiger partial charge in [-0.1, -0.05) is 61.9 Å². The summed E-state index contributed by atoms with van der Waals surface area (Å²) in [5.74, 6) is 0.940. The number of nitrogens with two attached hydrogens (primary N) is 1. The second-order valence-corrected chi connectivity index (χ2v) is 5.49. The Morgan fingerprint density at radius 1 is 1.05 bits per heavy atom. The molecular weight excluding hydrogens is 258 g/mol. The van der Waals surface area contributed by atoms with Gasteiger partial charge in [0.05, 0.1) is 0 Å². The molecule has 0 bridgehead atoms. The number of benzene rings is 2. The fourth-order valence-corrected chi connectivity index (χ4v) is 2.51. The maximum absolute atomic E-state index is 6.31. The van der Waals surface area contributed by atoms with E-state index in [0.29, 0.717) is 0 Å². The molecule has 0 heterocycles. The molecule has 0 saturated carbocycles. The Kier molecular flexibility index (Phi) is 5.40. The number of aryl methyl sites for hydroxylation is 2. The fraction of sp³-hybridized carbons (Fsp3) is 0.368. The molecule has 2 heteroatoms. The highest BCUT2D eigenvalue weighted by molar-refractivity contribution is 5.35. The summed E-state index contributed by atoms with van der Waals surface area (Å²) in [5, 5.41) is 0. The smallest absolute Gasteiger partial charge is 0.139 e. The van der Waals surface area contributed by atoms with Crippen molar-refractivity contribution in [1.82, 2.24) is 0 Å². The summed E-state index contributed by atoms with van der Waals surface area (Å²) in [4.78, 5) is 0. The highest BCUT2D eigenvalue weighted by Crippen LogP contribution is 2.28. The van der Waals surface area contributed by atoms with Crippen LogP contribution in [-0.4, -0.2) is 6.04 Å². The normalized spacial score (nSPS) is 13.7. The minimum Gasteiger partial charge on any atom is -0.484 e. The van der Waals surface area contributed by atoms with Gasteiger partial charge < -0.3 is 10.5 Å². The van der Waals surface area contributed by atoms with Crippen LogP contribution in [0.25, 0.3) is 0 Å². The molecule has 0 amide bonds. The van der Waals surface area contributed by atoms with Gasteiger partial charge in [0.1, 0.15) is 11.9 Å². The van der Waals surface area contributed by atoms with Gasteiger partial charge in [0, 0.05) is 6.04 Å². The quantitative estimate of drug-likeness (QED) is 0.852. The molecule has 0 radical (unpaired) electrons. The summed E-state index contributed by atoms with van der Waals surface area (Å²) in [6.07, 6.45) is 1.73. The Hall–Kier alpha value is -1.80. The highest BCUT2D eigenvalue weighted by atomic mass is 16.5. The summed E-state index contributed by atoms with van der Waals surface area (Å²) >= 11 is 0. The van der Waals surface area contributed by atoms with Crippen LogP contribution in [0.1, 0.15) is 43.1 Å². The molecule has 0 aliphatic heterocycles. The lowest BCUT2D eigenvalue weighted by molar-refractivity contribution is 0.169. The van der Waals surface area contributed by atoms with Crippen molar-refractivity contribution < 1.29 is 4.74 Å². The molecule has 0 fully saturated rings. The van der Waals surface area contributed by atoms with Gasteiger partial charge in [0.25, 0.3) is 0 Å². The van der Waals surface area contributed by atoms with E-state index in [1.165, 1.54) is 11.1 Å². The number of hydrogen-bond donors (Lipinski definition) is 1. The van der Waals surface area contributed by atoms with Crippen LogP contribution in [0.15, 0.2) is 48.5 Å². The fourth-order valence-electron chi connectivity index (χ4n) is 2.51. The summed E-state index contributed by atoms with van der Waals surface area (Å²) in [6, 6.07) is 16.6. The minimum absolute atomic E-state index is 0.0169. The molecule has 2 nitrogen and oxygen atoms in total. The van der Waals surface area contributed by atoms with Crippen molar-refractivity contribution >= 4 is 0 Å². The molecule has 0 aliphatic rings. The van der Waals surface area contributed by atoms with Gasteiger partial charge in [-0.3, -0.25) is 0 Å². The second kappa shape index (κ2) is 7.28. The van der Waals surface area contributed by atoms with E-state index >= 15 is 0 Å². The zero-order valence-corrected chi connectivity index (χ0v) is 13.2. The third kappa shape index (κ3) is 3.85. The van der Waals surface area contributed by atoms with Crippen LogP contribution < -0.4 is 10.5 Å². The lowest BCUT2D eigenvalue weighted by atomic mass is 9.99. The number of ether oxygens (including phenoxy) is 1. The molecular formula is C19H25NO. The van der Waals surface area contributed by atoms with E-state index in [9.17, 15) is 0 Å². The van der Waals surface area contributed by atoms with Crippen LogP contribution in [-0.2, 0) is 6.42 Å². The van der Waals surface area contributed by atoms with Crippen LogP contribution in [0.2, 0.25) is 0 Å². The van der Waals surface area contributed by atoms with Crippen LogP contribution in [0, 0.1) is 6.92 Å². The molecule has 2 atom stereocenters. The van der Waals surface area contributed by atoms with Gasteiger partial charge in [-0.05, 0) is 37.0 Å². The minimum atomic E-state index is -0.109. The van der Waals surface area contributed by atoms with Gasteiger partial charge in [-0.25, -0.2) is 0 Å². The van der Waals surface area contributed by atoms with Crippen molar-refractivity contribution in [2.24, 2.45) is 5.73 Å². The molecule has 0 saturated heterocycles. The zero-order valence-electron chi connectivity index (χ0n) is 13.2. The van der Waals surface area contributed by atoms with Crippen LogP contribution in [0.5, 0.6) is 5.75 Å². The SMILES string of the molecule is CCc1ccccc1OC(c1cccc(C)c1)C(N)CC. The van der Waals surface area contributed by atoms with E-state index in [4.69, 9.17) is 10.5 Å². The second-order valence-electron chi connectivity index (χ2n) is 5.49. The molecule has 0 aliphatic carbocycles. The van der Waals surface area contributed by atoms with E-state index in [0.717, 1.165) is 24.2 Å². The van der Waals surface area contributed by atoms with Crippen molar-refractivity contribution in [3.05, 3.63) is 65.2 Å². The summed E-state index contributed by atoms with van der Waals surface area (Å²) in [6.45, 7) is 6.34. The Morgan fingerprint density at radius 2 is 1.81 bits per heavy atom. The largest absolute Gasteiger partial charge is 0.484 e.